The van der Waals surface area contributed by atoms with E-state index in [1.165, 1.54) is 0 Å². The summed E-state index contributed by atoms with van der Waals surface area (Å²) in [6.07, 6.45) is 0. The number of hydrogen-bond donors (Lipinski definition) is 1. The Labute approximate surface area is 144 Å². The van der Waals surface area contributed by atoms with Crippen LogP contribution in [0.3, 0.4) is 0 Å². The van der Waals surface area contributed by atoms with Gasteiger partial charge in [0, 0.05) is 5.56 Å². The van der Waals surface area contributed by atoms with Crippen LogP contribution < -0.4 is 10.3 Å². The Kier molecular flexibility index (Phi) is 3.78. The third kappa shape index (κ3) is 2.90. The predicted octanol–water partition coefficient (Wildman–Crippen LogP) is 4.27. The maximum Gasteiger partial charge on any atom is 0.259 e. The summed E-state index contributed by atoms with van der Waals surface area (Å²) >= 11 is 0. The second kappa shape index (κ2) is 6.24. The number of methoxy groups -OCH3 is 1. The summed E-state index contributed by atoms with van der Waals surface area (Å²) in [6.45, 7) is 0. The minimum Gasteiger partial charge on any atom is -0.497 e. The number of rotatable bonds is 3. The van der Waals surface area contributed by atoms with E-state index in [9.17, 15) is 4.79 Å². The topological polar surface area (TPSA) is 55.0 Å². The van der Waals surface area contributed by atoms with Gasteiger partial charge in [0.15, 0.2) is 0 Å². The second-order valence-corrected chi connectivity index (χ2v) is 5.74. The van der Waals surface area contributed by atoms with E-state index in [0.29, 0.717) is 16.7 Å². The number of benzene rings is 3. The van der Waals surface area contributed by atoms with Crippen LogP contribution in [-0.2, 0) is 0 Å². The first kappa shape index (κ1) is 15.1. The number of nitrogens with zero attached hydrogens (tertiary/aromatic N) is 1. The van der Waals surface area contributed by atoms with Crippen LogP contribution in [0.1, 0.15) is 0 Å². The molecular weight excluding hydrogens is 312 g/mol. The van der Waals surface area contributed by atoms with E-state index in [-0.39, 0.29) is 5.56 Å². The van der Waals surface area contributed by atoms with Gasteiger partial charge in [0.1, 0.15) is 11.6 Å². The molecule has 0 bridgehead atoms. The molecule has 0 aliphatic heterocycles. The van der Waals surface area contributed by atoms with Crippen molar-refractivity contribution in [2.24, 2.45) is 0 Å². The molecule has 1 aromatic heterocycles. The zero-order chi connectivity index (χ0) is 17.2. The molecule has 25 heavy (non-hydrogen) atoms. The Morgan fingerprint density at radius 2 is 1.56 bits per heavy atom. The molecule has 4 nitrogen and oxygen atoms in total. The molecule has 1 heterocycles. The average molecular weight is 328 g/mol. The molecule has 0 atom stereocenters. The Hall–Kier alpha value is -3.40. The van der Waals surface area contributed by atoms with Crippen molar-refractivity contribution in [2.75, 3.05) is 7.11 Å². The van der Waals surface area contributed by atoms with Gasteiger partial charge in [-0.15, -0.1) is 0 Å². The van der Waals surface area contributed by atoms with Crippen LogP contribution in [0, 0.1) is 0 Å². The molecule has 0 aliphatic rings. The lowest BCUT2D eigenvalue weighted by atomic mass is 10.0. The summed E-state index contributed by atoms with van der Waals surface area (Å²) in [7, 11) is 1.62. The zero-order valence-corrected chi connectivity index (χ0v) is 13.7. The Balaban J connectivity index is 1.81. The van der Waals surface area contributed by atoms with Crippen LogP contribution >= 0.6 is 0 Å². The van der Waals surface area contributed by atoms with Gasteiger partial charge >= 0.3 is 0 Å². The van der Waals surface area contributed by atoms with Crippen LogP contribution in [0.25, 0.3) is 33.4 Å². The summed E-state index contributed by atoms with van der Waals surface area (Å²) in [4.78, 5) is 20.0. The number of hydrogen-bond acceptors (Lipinski definition) is 3. The SMILES string of the molecule is COc1ccc(-c2nc3ccc(-c4ccccc4)cc3c(=O)[nH]2)cc1. The molecule has 0 amide bonds. The van der Waals surface area contributed by atoms with Gasteiger partial charge in [-0.25, -0.2) is 4.98 Å². The van der Waals surface area contributed by atoms with Crippen molar-refractivity contribution in [3.8, 4) is 28.3 Å². The van der Waals surface area contributed by atoms with E-state index in [1.807, 2.05) is 72.8 Å². The molecule has 0 saturated carbocycles. The minimum atomic E-state index is -0.145. The molecule has 0 spiro atoms. The molecule has 3 aromatic carbocycles. The van der Waals surface area contributed by atoms with E-state index in [4.69, 9.17) is 4.74 Å². The molecule has 0 unspecified atom stereocenters. The number of H-pyrrole nitrogens is 1. The lowest BCUT2D eigenvalue weighted by Gasteiger charge is -2.06. The van der Waals surface area contributed by atoms with Crippen LogP contribution in [0.2, 0.25) is 0 Å². The summed E-state index contributed by atoms with van der Waals surface area (Å²) in [5.41, 5.74) is 3.44. The fraction of sp³-hybridized carbons (Fsp3) is 0.0476. The number of aromatic amines is 1. The highest BCUT2D eigenvalue weighted by molar-refractivity contribution is 5.85. The van der Waals surface area contributed by atoms with Crippen molar-refractivity contribution in [3.63, 3.8) is 0 Å². The van der Waals surface area contributed by atoms with Crippen LogP contribution in [0.15, 0.2) is 77.6 Å². The second-order valence-electron chi connectivity index (χ2n) is 5.74. The lowest BCUT2D eigenvalue weighted by molar-refractivity contribution is 0.415. The normalized spacial score (nSPS) is 10.8. The van der Waals surface area contributed by atoms with Gasteiger partial charge in [-0.3, -0.25) is 4.79 Å². The average Bonchev–Trinajstić information content (AvgIpc) is 2.68. The predicted molar refractivity (Wildman–Crippen MR) is 99.8 cm³/mol. The number of aromatic nitrogens is 2. The summed E-state index contributed by atoms with van der Waals surface area (Å²) in [6, 6.07) is 23.2. The van der Waals surface area contributed by atoms with Crippen molar-refractivity contribution in [3.05, 3.63) is 83.2 Å². The fourth-order valence-corrected chi connectivity index (χ4v) is 2.83. The maximum absolute atomic E-state index is 12.6. The summed E-state index contributed by atoms with van der Waals surface area (Å²) in [5.74, 6) is 1.31. The monoisotopic (exact) mass is 328 g/mol. The molecular formula is C21H16N2O2. The number of fused-ring (bicyclic) bond motifs is 1. The van der Waals surface area contributed by atoms with Crippen LogP contribution in [0.5, 0.6) is 5.75 Å². The lowest BCUT2D eigenvalue weighted by Crippen LogP contribution is -2.09. The molecule has 122 valence electrons. The van der Waals surface area contributed by atoms with Crippen LogP contribution in [0.4, 0.5) is 0 Å². The summed E-state index contributed by atoms with van der Waals surface area (Å²) < 4.78 is 5.16. The molecule has 4 heteroatoms. The van der Waals surface area contributed by atoms with Crippen LogP contribution in [-0.4, -0.2) is 17.1 Å². The number of ether oxygens (including phenoxy) is 1. The molecule has 1 N–H and O–H groups in total. The first-order valence-electron chi connectivity index (χ1n) is 7.98. The van der Waals surface area contributed by atoms with E-state index in [2.05, 4.69) is 9.97 Å². The third-order valence-corrected chi connectivity index (χ3v) is 4.18. The van der Waals surface area contributed by atoms with Gasteiger partial charge in [-0.1, -0.05) is 36.4 Å². The molecule has 4 aromatic rings. The van der Waals surface area contributed by atoms with E-state index in [0.717, 1.165) is 22.4 Å². The van der Waals surface area contributed by atoms with Crippen molar-refractivity contribution in [1.82, 2.24) is 9.97 Å². The van der Waals surface area contributed by atoms with Gasteiger partial charge in [0.05, 0.1) is 18.0 Å². The smallest absolute Gasteiger partial charge is 0.259 e. The van der Waals surface area contributed by atoms with Crippen molar-refractivity contribution >= 4 is 10.9 Å². The molecule has 4 rings (SSSR count). The highest BCUT2D eigenvalue weighted by Gasteiger charge is 2.08. The molecule has 0 aliphatic carbocycles. The zero-order valence-electron chi connectivity index (χ0n) is 13.7. The highest BCUT2D eigenvalue weighted by Crippen LogP contribution is 2.24. The quantitative estimate of drug-likeness (QED) is 0.611. The van der Waals surface area contributed by atoms with Gasteiger partial charge in [-0.05, 0) is 47.5 Å². The standard InChI is InChI=1S/C21H16N2O2/c1-25-17-10-7-15(8-11-17)20-22-19-12-9-16(13-18(19)21(24)23-20)14-5-3-2-4-6-14/h2-13H,1H3,(H,22,23,24). The van der Waals surface area contributed by atoms with E-state index in [1.54, 1.807) is 7.11 Å². The molecule has 0 saturated heterocycles. The highest BCUT2D eigenvalue weighted by atomic mass is 16.5. The first-order valence-corrected chi connectivity index (χ1v) is 7.98. The Morgan fingerprint density at radius 3 is 2.28 bits per heavy atom. The maximum atomic E-state index is 12.6. The largest absolute Gasteiger partial charge is 0.497 e. The third-order valence-electron chi connectivity index (χ3n) is 4.18. The fourth-order valence-electron chi connectivity index (χ4n) is 2.83. The van der Waals surface area contributed by atoms with Gasteiger partial charge in [0.25, 0.3) is 5.56 Å². The van der Waals surface area contributed by atoms with Gasteiger partial charge in [-0.2, -0.15) is 0 Å². The van der Waals surface area contributed by atoms with Crippen molar-refractivity contribution in [1.29, 1.82) is 0 Å². The molecule has 0 radical (unpaired) electrons. The number of nitrogens with one attached hydrogen (secondary N) is 1. The summed E-state index contributed by atoms with van der Waals surface area (Å²) in [5, 5.41) is 0.582. The van der Waals surface area contributed by atoms with Crippen molar-refractivity contribution < 1.29 is 4.74 Å². The first-order chi connectivity index (χ1) is 12.2. The molecule has 0 fully saturated rings. The van der Waals surface area contributed by atoms with E-state index < -0.39 is 0 Å². The van der Waals surface area contributed by atoms with Gasteiger partial charge < -0.3 is 9.72 Å². The Bertz CT molecular complexity index is 1080. The Morgan fingerprint density at radius 1 is 0.840 bits per heavy atom. The van der Waals surface area contributed by atoms with Crippen molar-refractivity contribution in [2.45, 2.75) is 0 Å². The minimum absolute atomic E-state index is 0.145. The van der Waals surface area contributed by atoms with E-state index >= 15 is 0 Å². The van der Waals surface area contributed by atoms with Gasteiger partial charge in [0.2, 0.25) is 0 Å².